The number of fused-ring (bicyclic) bond motifs is 2. The molecule has 1 unspecified atom stereocenters. The number of carboxylic acids is 1. The van der Waals surface area contributed by atoms with Gasteiger partial charge in [0, 0.05) is 5.25 Å². The number of β-lactam (4-membered cyclic amide) rings is 1. The zero-order valence-electron chi connectivity index (χ0n) is 19.0. The summed E-state index contributed by atoms with van der Waals surface area (Å²) in [6.45, 7) is 12.6. The third kappa shape index (κ3) is 3.69. The second kappa shape index (κ2) is 7.97. The number of hydrogen-bond donors (Lipinski definition) is 1. The predicted octanol–water partition coefficient (Wildman–Crippen LogP) is 5.00. The molecule has 31 heavy (non-hydrogen) atoms. The average Bonchev–Trinajstić information content (AvgIpc) is 3.20. The van der Waals surface area contributed by atoms with Gasteiger partial charge in [-0.25, -0.2) is 4.79 Å². The standard InChI is InChI=1S/C23H31NO4S2Si/c1-22(2,3)23(4,28-31(5)6)16-18(25)24-17(20(26)27)21(30-19(16)24)29-15-12-11-13-9-7-8-10-14(13)15/h7-10,15-16,19,31H,11-12H2,1-6H3,(H,26,27)/t15?,16-,19-,23+/m1/s1. The summed E-state index contributed by atoms with van der Waals surface area (Å²) in [5.41, 5.74) is 1.90. The van der Waals surface area contributed by atoms with Gasteiger partial charge in [0.25, 0.3) is 0 Å². The molecule has 168 valence electrons. The van der Waals surface area contributed by atoms with Gasteiger partial charge in [0.05, 0.1) is 15.8 Å². The third-order valence-corrected chi connectivity index (χ3v) is 10.6. The fourth-order valence-corrected chi connectivity index (χ4v) is 9.68. The van der Waals surface area contributed by atoms with Crippen LogP contribution in [0.25, 0.3) is 0 Å². The quantitative estimate of drug-likeness (QED) is 0.460. The Bertz CT molecular complexity index is 957. The van der Waals surface area contributed by atoms with Crippen molar-refractivity contribution in [2.45, 2.75) is 69.9 Å². The lowest BCUT2D eigenvalue weighted by Gasteiger charge is -2.56. The van der Waals surface area contributed by atoms with Crippen molar-refractivity contribution in [1.29, 1.82) is 0 Å². The smallest absolute Gasteiger partial charge is 0.354 e. The number of carbonyl (C=O) groups is 2. The first-order valence-electron chi connectivity index (χ1n) is 10.8. The zero-order valence-corrected chi connectivity index (χ0v) is 21.8. The normalized spacial score (nSPS) is 27.3. The molecule has 1 aromatic rings. The highest BCUT2D eigenvalue weighted by atomic mass is 32.2. The van der Waals surface area contributed by atoms with Gasteiger partial charge < -0.3 is 9.53 Å². The van der Waals surface area contributed by atoms with Gasteiger partial charge in [0.1, 0.15) is 5.37 Å². The van der Waals surface area contributed by atoms with Crippen LogP contribution in [0.5, 0.6) is 0 Å². The van der Waals surface area contributed by atoms with E-state index in [-0.39, 0.29) is 33.6 Å². The third-order valence-electron chi connectivity index (χ3n) is 6.80. The number of rotatable bonds is 6. The van der Waals surface area contributed by atoms with Gasteiger partial charge in [0.15, 0.2) is 14.7 Å². The number of carboxylic acid groups (broad SMARTS) is 1. The van der Waals surface area contributed by atoms with Crippen molar-refractivity contribution in [2.24, 2.45) is 11.3 Å². The minimum atomic E-state index is -1.43. The fraction of sp³-hybridized carbons (Fsp3) is 0.565. The van der Waals surface area contributed by atoms with Crippen molar-refractivity contribution in [3.8, 4) is 0 Å². The van der Waals surface area contributed by atoms with E-state index in [0.717, 1.165) is 17.1 Å². The topological polar surface area (TPSA) is 66.8 Å². The molecular weight excluding hydrogens is 446 g/mol. The number of carbonyl (C=O) groups excluding carboxylic acids is 1. The molecule has 0 saturated carbocycles. The Balaban J connectivity index is 1.63. The van der Waals surface area contributed by atoms with Gasteiger partial charge in [-0.15, -0.1) is 11.8 Å². The minimum absolute atomic E-state index is 0.121. The van der Waals surface area contributed by atoms with Gasteiger partial charge in [-0.2, -0.15) is 0 Å². The minimum Gasteiger partial charge on any atom is -0.477 e. The first-order chi connectivity index (χ1) is 14.5. The summed E-state index contributed by atoms with van der Waals surface area (Å²) in [5, 5.41) is 10.0. The van der Waals surface area contributed by atoms with Crippen molar-refractivity contribution in [3.05, 3.63) is 45.3 Å². The van der Waals surface area contributed by atoms with E-state index in [9.17, 15) is 14.7 Å². The van der Waals surface area contributed by atoms with Crippen molar-refractivity contribution < 1.29 is 19.1 Å². The highest BCUT2D eigenvalue weighted by Gasteiger charge is 2.65. The zero-order chi connectivity index (χ0) is 22.7. The summed E-state index contributed by atoms with van der Waals surface area (Å²) in [5.74, 6) is -1.49. The van der Waals surface area contributed by atoms with E-state index in [0.29, 0.717) is 0 Å². The molecule has 5 nitrogen and oxygen atoms in total. The molecule has 3 aliphatic rings. The van der Waals surface area contributed by atoms with Crippen molar-refractivity contribution in [3.63, 3.8) is 0 Å². The largest absolute Gasteiger partial charge is 0.477 e. The second-order valence-electron chi connectivity index (χ2n) is 10.0. The van der Waals surface area contributed by atoms with Crippen molar-refractivity contribution in [2.75, 3.05) is 0 Å². The fourth-order valence-electron chi connectivity index (χ4n) is 4.84. The molecule has 1 saturated heterocycles. The number of nitrogens with zero attached hydrogens (tertiary/aromatic N) is 1. The molecule has 0 bridgehead atoms. The summed E-state index contributed by atoms with van der Waals surface area (Å²) >= 11 is 3.16. The number of thioether (sulfide) groups is 2. The molecule has 4 atom stereocenters. The Morgan fingerprint density at radius 3 is 2.55 bits per heavy atom. The van der Waals surface area contributed by atoms with Crippen LogP contribution >= 0.6 is 23.5 Å². The lowest BCUT2D eigenvalue weighted by molar-refractivity contribution is -0.173. The molecule has 8 heteroatoms. The van der Waals surface area contributed by atoms with E-state index in [1.54, 1.807) is 23.5 Å². The van der Waals surface area contributed by atoms with Crippen LogP contribution in [0.3, 0.4) is 0 Å². The SMILES string of the molecule is C[SiH](C)O[C@@](C)([C@@H]1C(=O)N2C(C(=O)O)=C(SC3CCc4ccccc43)S[C@H]12)C(C)(C)C. The van der Waals surface area contributed by atoms with E-state index in [2.05, 4.69) is 52.1 Å². The van der Waals surface area contributed by atoms with Gasteiger partial charge in [-0.3, -0.25) is 9.69 Å². The first kappa shape index (κ1) is 23.0. The van der Waals surface area contributed by atoms with Crippen LogP contribution in [0.1, 0.15) is 50.5 Å². The molecule has 0 radical (unpaired) electrons. The molecule has 1 N–H and O–H groups in total. The molecule has 1 aliphatic carbocycles. The second-order valence-corrected chi connectivity index (χ2v) is 14.9. The summed E-state index contributed by atoms with van der Waals surface area (Å²) in [6.07, 6.45) is 2.00. The van der Waals surface area contributed by atoms with E-state index >= 15 is 0 Å². The van der Waals surface area contributed by atoms with Crippen molar-refractivity contribution in [1.82, 2.24) is 4.90 Å². The number of aliphatic carboxylic acids is 1. The van der Waals surface area contributed by atoms with Crippen molar-refractivity contribution >= 4 is 44.4 Å². The van der Waals surface area contributed by atoms with E-state index in [1.165, 1.54) is 16.0 Å². The van der Waals surface area contributed by atoms with Gasteiger partial charge in [-0.1, -0.05) is 56.8 Å². The lowest BCUT2D eigenvalue weighted by atomic mass is 9.66. The summed E-state index contributed by atoms with van der Waals surface area (Å²) in [7, 11) is -1.43. The van der Waals surface area contributed by atoms with Crippen LogP contribution < -0.4 is 0 Å². The van der Waals surface area contributed by atoms with E-state index in [4.69, 9.17) is 4.43 Å². The highest BCUT2D eigenvalue weighted by Crippen LogP contribution is 2.61. The lowest BCUT2D eigenvalue weighted by Crippen LogP contribution is -2.69. The monoisotopic (exact) mass is 477 g/mol. The van der Waals surface area contributed by atoms with Gasteiger partial charge >= 0.3 is 5.97 Å². The highest BCUT2D eigenvalue weighted by molar-refractivity contribution is 8.22. The van der Waals surface area contributed by atoms with Crippen LogP contribution in [-0.2, 0) is 20.4 Å². The van der Waals surface area contributed by atoms with E-state index in [1.807, 2.05) is 13.0 Å². The molecular formula is C23H31NO4S2Si. The van der Waals surface area contributed by atoms with Gasteiger partial charge in [-0.05, 0) is 49.4 Å². The molecule has 4 rings (SSSR count). The first-order valence-corrected chi connectivity index (χ1v) is 15.4. The number of amides is 1. The Labute approximate surface area is 194 Å². The Hall–Kier alpha value is -1.22. The Morgan fingerprint density at radius 2 is 1.94 bits per heavy atom. The van der Waals surface area contributed by atoms with Crippen LogP contribution in [0.4, 0.5) is 0 Å². The molecule has 1 fully saturated rings. The molecule has 1 amide bonds. The summed E-state index contributed by atoms with van der Waals surface area (Å²) in [4.78, 5) is 27.1. The van der Waals surface area contributed by atoms with Crippen LogP contribution in [0.2, 0.25) is 13.1 Å². The maximum atomic E-state index is 13.4. The maximum Gasteiger partial charge on any atom is 0.354 e. The number of hydrogen-bond acceptors (Lipinski definition) is 5. The average molecular weight is 478 g/mol. The maximum absolute atomic E-state index is 13.4. The molecule has 1 aromatic carbocycles. The molecule has 0 aromatic heterocycles. The van der Waals surface area contributed by atoms with Crippen LogP contribution in [0.15, 0.2) is 34.2 Å². The number of aryl methyl sites for hydroxylation is 1. The predicted molar refractivity (Wildman–Crippen MR) is 129 cm³/mol. The van der Waals surface area contributed by atoms with Crippen LogP contribution in [0, 0.1) is 11.3 Å². The van der Waals surface area contributed by atoms with Gasteiger partial charge in [0.2, 0.25) is 5.91 Å². The Morgan fingerprint density at radius 1 is 1.26 bits per heavy atom. The number of benzene rings is 1. The molecule has 0 spiro atoms. The molecule has 2 aliphatic heterocycles. The summed E-state index contributed by atoms with van der Waals surface area (Å²) < 4.78 is 7.26. The molecule has 2 heterocycles. The summed E-state index contributed by atoms with van der Waals surface area (Å²) in [6, 6.07) is 8.39. The Kier molecular flexibility index (Phi) is 5.90. The van der Waals surface area contributed by atoms with Crippen LogP contribution in [-0.4, -0.2) is 41.9 Å². The van der Waals surface area contributed by atoms with E-state index < -0.39 is 20.6 Å².